The van der Waals surface area contributed by atoms with E-state index in [0.717, 1.165) is 17.7 Å². The topological polar surface area (TPSA) is 85.0 Å². The van der Waals surface area contributed by atoms with Gasteiger partial charge in [-0.1, -0.05) is 36.4 Å². The molecule has 9 heteroatoms. The van der Waals surface area contributed by atoms with Gasteiger partial charge < -0.3 is 25.3 Å². The molecular formula is C31H36FN5O3. The molecule has 0 radical (unpaired) electrons. The van der Waals surface area contributed by atoms with Crippen molar-refractivity contribution in [3.05, 3.63) is 95.3 Å². The Kier molecular flexibility index (Phi) is 9.37. The third-order valence-electron chi connectivity index (χ3n) is 6.72. The van der Waals surface area contributed by atoms with Crippen molar-refractivity contribution in [2.24, 2.45) is 0 Å². The summed E-state index contributed by atoms with van der Waals surface area (Å²) in [6.45, 7) is 6.65. The van der Waals surface area contributed by atoms with Crippen LogP contribution in [0.4, 0.5) is 20.6 Å². The van der Waals surface area contributed by atoms with Crippen LogP contribution in [0.5, 0.6) is 0 Å². The predicted octanol–water partition coefficient (Wildman–Crippen LogP) is 4.98. The van der Waals surface area contributed by atoms with E-state index in [9.17, 15) is 18.8 Å². The van der Waals surface area contributed by atoms with Crippen molar-refractivity contribution < 1.29 is 18.8 Å². The number of urea groups is 1. The van der Waals surface area contributed by atoms with Crippen LogP contribution in [-0.2, 0) is 6.54 Å². The number of carbonyl (C=O) groups is 3. The van der Waals surface area contributed by atoms with Crippen LogP contribution < -0.4 is 15.5 Å². The molecule has 0 spiro atoms. The molecular weight excluding hydrogens is 509 g/mol. The van der Waals surface area contributed by atoms with Crippen LogP contribution in [-0.4, -0.2) is 66.9 Å². The third-order valence-corrected chi connectivity index (χ3v) is 6.72. The van der Waals surface area contributed by atoms with Gasteiger partial charge in [0.15, 0.2) is 0 Å². The van der Waals surface area contributed by atoms with E-state index in [1.165, 1.54) is 24.3 Å². The molecule has 2 N–H and O–H groups in total. The second kappa shape index (κ2) is 13.1. The van der Waals surface area contributed by atoms with E-state index in [-0.39, 0.29) is 23.5 Å². The molecule has 0 saturated carbocycles. The number of hydrogen-bond acceptors (Lipinski definition) is 4. The molecule has 1 fully saturated rings. The highest BCUT2D eigenvalue weighted by Gasteiger charge is 2.25. The van der Waals surface area contributed by atoms with Gasteiger partial charge in [0.25, 0.3) is 11.8 Å². The van der Waals surface area contributed by atoms with E-state index >= 15 is 0 Å². The van der Waals surface area contributed by atoms with Gasteiger partial charge in [-0.05, 0) is 62.2 Å². The van der Waals surface area contributed by atoms with Gasteiger partial charge in [-0.15, -0.1) is 0 Å². The Bertz CT molecular complexity index is 1350. The summed E-state index contributed by atoms with van der Waals surface area (Å²) >= 11 is 0. The average Bonchev–Trinajstić information content (AvgIpc) is 3.19. The molecule has 4 rings (SSSR count). The Morgan fingerprint density at radius 3 is 2.42 bits per heavy atom. The number of hydrogen-bond donors (Lipinski definition) is 2. The summed E-state index contributed by atoms with van der Waals surface area (Å²) in [5, 5.41) is 5.75. The fourth-order valence-corrected chi connectivity index (χ4v) is 4.73. The first kappa shape index (κ1) is 28.6. The minimum Gasteiger partial charge on any atom is -0.369 e. The maximum Gasteiger partial charge on any atom is 0.317 e. The second-order valence-corrected chi connectivity index (χ2v) is 10.3. The van der Waals surface area contributed by atoms with Crippen LogP contribution in [0.1, 0.15) is 46.5 Å². The molecule has 4 amide bonds. The zero-order valence-electron chi connectivity index (χ0n) is 23.2. The van der Waals surface area contributed by atoms with Crippen molar-refractivity contribution >= 4 is 29.2 Å². The maximum absolute atomic E-state index is 13.8. The van der Waals surface area contributed by atoms with Crippen molar-refractivity contribution in [2.45, 2.75) is 32.9 Å². The zero-order valence-corrected chi connectivity index (χ0v) is 23.2. The van der Waals surface area contributed by atoms with Crippen molar-refractivity contribution in [1.82, 2.24) is 15.1 Å². The quantitative estimate of drug-likeness (QED) is 0.439. The smallest absolute Gasteiger partial charge is 0.317 e. The minimum absolute atomic E-state index is 0.0476. The van der Waals surface area contributed by atoms with Gasteiger partial charge in [-0.3, -0.25) is 9.59 Å². The summed E-state index contributed by atoms with van der Waals surface area (Å²) in [6.07, 6.45) is 0.747. The molecule has 0 atom stereocenters. The highest BCUT2D eigenvalue weighted by molar-refractivity contribution is 6.06. The number of amides is 4. The molecule has 3 aromatic carbocycles. The molecule has 1 saturated heterocycles. The van der Waals surface area contributed by atoms with Gasteiger partial charge in [-0.25, -0.2) is 9.18 Å². The van der Waals surface area contributed by atoms with Crippen LogP contribution in [0.2, 0.25) is 0 Å². The minimum atomic E-state index is -0.501. The number of nitrogens with zero attached hydrogens (tertiary/aromatic N) is 3. The number of nitrogens with one attached hydrogen (secondary N) is 2. The fourth-order valence-electron chi connectivity index (χ4n) is 4.73. The highest BCUT2D eigenvalue weighted by Crippen LogP contribution is 2.28. The van der Waals surface area contributed by atoms with Crippen molar-refractivity contribution in [3.8, 4) is 0 Å². The maximum atomic E-state index is 13.8. The molecule has 3 aromatic rings. The first-order valence-corrected chi connectivity index (χ1v) is 13.5. The molecule has 1 heterocycles. The second-order valence-electron chi connectivity index (χ2n) is 10.3. The summed E-state index contributed by atoms with van der Waals surface area (Å²) in [5.41, 5.74) is 2.79. The molecule has 40 heavy (non-hydrogen) atoms. The first-order valence-electron chi connectivity index (χ1n) is 13.5. The molecule has 1 aliphatic rings. The zero-order chi connectivity index (χ0) is 28.6. The van der Waals surface area contributed by atoms with Gasteiger partial charge in [0.2, 0.25) is 0 Å². The largest absolute Gasteiger partial charge is 0.369 e. The summed E-state index contributed by atoms with van der Waals surface area (Å²) in [4.78, 5) is 44.8. The Labute approximate surface area is 234 Å². The summed E-state index contributed by atoms with van der Waals surface area (Å²) in [5.74, 6) is -1.16. The number of halogens is 1. The molecule has 8 nitrogen and oxygen atoms in total. The number of anilines is 2. The lowest BCUT2D eigenvalue weighted by Gasteiger charge is -2.28. The van der Waals surface area contributed by atoms with Crippen LogP contribution in [0.3, 0.4) is 0 Å². The monoisotopic (exact) mass is 545 g/mol. The molecule has 0 aliphatic carbocycles. The van der Waals surface area contributed by atoms with Crippen LogP contribution in [0, 0.1) is 5.82 Å². The van der Waals surface area contributed by atoms with Crippen molar-refractivity contribution in [3.63, 3.8) is 0 Å². The molecule has 0 bridgehead atoms. The van der Waals surface area contributed by atoms with Gasteiger partial charge >= 0.3 is 6.03 Å². The molecule has 0 unspecified atom stereocenters. The van der Waals surface area contributed by atoms with Gasteiger partial charge in [0, 0.05) is 62.8 Å². The van der Waals surface area contributed by atoms with E-state index in [4.69, 9.17) is 0 Å². The number of rotatable bonds is 7. The first-order chi connectivity index (χ1) is 19.2. The highest BCUT2D eigenvalue weighted by atomic mass is 19.1. The average molecular weight is 546 g/mol. The fraction of sp³-hybridized carbons (Fsp3) is 0.323. The van der Waals surface area contributed by atoms with Crippen molar-refractivity contribution in [1.29, 1.82) is 0 Å². The number of carbonyl (C=O) groups excluding carboxylic acids is 3. The SMILES string of the molecule is CC(C)NC(=O)N1CCCN(c2ccc(NC(=O)c3cccc(F)c3)cc2C(=O)N(C)Cc2ccccc2)CC1. The van der Waals surface area contributed by atoms with Gasteiger partial charge in [-0.2, -0.15) is 0 Å². The molecule has 0 aromatic heterocycles. The lowest BCUT2D eigenvalue weighted by molar-refractivity contribution is 0.0785. The van der Waals surface area contributed by atoms with E-state index in [2.05, 4.69) is 15.5 Å². The van der Waals surface area contributed by atoms with Crippen LogP contribution in [0.15, 0.2) is 72.8 Å². The third kappa shape index (κ3) is 7.37. The van der Waals surface area contributed by atoms with Crippen molar-refractivity contribution in [2.75, 3.05) is 43.4 Å². The van der Waals surface area contributed by atoms with Crippen LogP contribution in [0.25, 0.3) is 0 Å². The van der Waals surface area contributed by atoms with E-state index in [0.29, 0.717) is 44.0 Å². The van der Waals surface area contributed by atoms with Crippen LogP contribution >= 0.6 is 0 Å². The Morgan fingerprint density at radius 2 is 1.70 bits per heavy atom. The Morgan fingerprint density at radius 1 is 0.925 bits per heavy atom. The number of benzene rings is 3. The van der Waals surface area contributed by atoms with E-state index in [1.807, 2.05) is 50.2 Å². The summed E-state index contributed by atoms with van der Waals surface area (Å²) in [6, 6.07) is 20.4. The van der Waals surface area contributed by atoms with Gasteiger partial charge in [0.05, 0.1) is 5.56 Å². The molecule has 210 valence electrons. The lowest BCUT2D eigenvalue weighted by atomic mass is 10.1. The summed E-state index contributed by atoms with van der Waals surface area (Å²) < 4.78 is 13.7. The van der Waals surface area contributed by atoms with Gasteiger partial charge in [0.1, 0.15) is 5.82 Å². The standard InChI is InChI=1S/C31H36FN5O3/c1-22(2)33-31(40)37-16-8-15-36(17-18-37)28-14-13-26(34-29(38)24-11-7-12-25(32)19-24)20-27(28)30(39)35(3)21-23-9-5-4-6-10-23/h4-7,9-14,19-20,22H,8,15-18,21H2,1-3H3,(H,33,40)(H,34,38). The molecule has 1 aliphatic heterocycles. The normalized spacial score (nSPS) is 13.5. The van der Waals surface area contributed by atoms with E-state index < -0.39 is 11.7 Å². The Hall–Kier alpha value is -4.40. The van der Waals surface area contributed by atoms with E-state index in [1.54, 1.807) is 29.0 Å². The Balaban J connectivity index is 1.60. The predicted molar refractivity (Wildman–Crippen MR) is 155 cm³/mol. The lowest BCUT2D eigenvalue weighted by Crippen LogP contribution is -2.44. The summed E-state index contributed by atoms with van der Waals surface area (Å²) in [7, 11) is 1.75.